The Labute approximate surface area is 221 Å². The van der Waals surface area contributed by atoms with Crippen molar-refractivity contribution in [2.24, 2.45) is 0 Å². The molecule has 0 radical (unpaired) electrons. The molecule has 3 aromatic rings. The molecule has 0 aliphatic carbocycles. The van der Waals surface area contributed by atoms with Crippen LogP contribution in [0.2, 0.25) is 0 Å². The molecule has 0 N–H and O–H groups in total. The summed E-state index contributed by atoms with van der Waals surface area (Å²) in [5, 5.41) is 1.26. The van der Waals surface area contributed by atoms with E-state index >= 15 is 0 Å². The van der Waals surface area contributed by atoms with Crippen molar-refractivity contribution in [2.45, 2.75) is 15.9 Å². The molecule has 6 rings (SSSR count). The largest absolute Gasteiger partial charge is 0.492 e. The molecule has 3 aliphatic rings. The maximum absolute atomic E-state index is 6.31. The van der Waals surface area contributed by atoms with Crippen molar-refractivity contribution >= 4 is 23.5 Å². The van der Waals surface area contributed by atoms with E-state index in [4.69, 9.17) is 14.2 Å². The van der Waals surface area contributed by atoms with E-state index in [-0.39, 0.29) is 0 Å². The van der Waals surface area contributed by atoms with E-state index in [1.54, 1.807) is 6.08 Å². The highest BCUT2D eigenvalue weighted by atomic mass is 32.2. The summed E-state index contributed by atoms with van der Waals surface area (Å²) in [6.07, 6.45) is 3.67. The molecule has 3 aromatic carbocycles. The van der Waals surface area contributed by atoms with Crippen molar-refractivity contribution in [3.8, 4) is 17.2 Å². The molecule has 3 aliphatic heterocycles. The van der Waals surface area contributed by atoms with Gasteiger partial charge in [0.05, 0.1) is 5.41 Å². The van der Waals surface area contributed by atoms with Crippen molar-refractivity contribution in [2.75, 3.05) is 24.7 Å². The number of hydrogen-bond acceptors (Lipinski definition) is 5. The first-order chi connectivity index (χ1) is 17.7. The summed E-state index contributed by atoms with van der Waals surface area (Å²) in [4.78, 5) is 0. The average molecular weight is 513 g/mol. The number of benzene rings is 3. The van der Waals surface area contributed by atoms with E-state index in [2.05, 4.69) is 73.8 Å². The van der Waals surface area contributed by atoms with Gasteiger partial charge in [0.2, 0.25) is 0 Å². The lowest BCUT2D eigenvalue weighted by atomic mass is 9.63. The molecule has 182 valence electrons. The first-order valence-corrected chi connectivity index (χ1v) is 14.3. The standard InChI is InChI=1S/C31H28O3S2/c1-3-27-29(4-2)34-30-8-6-5-7-28(30)31(27,21-9-13-23(14-10-21)32-17-25-19-35-25)22-11-15-24(16-12-22)33-18-26-20-36-26/h3-16,25-26H,1-2,17-20H2. The molecular formula is C31H28O3S2. The Bertz CT molecular complexity index is 1240. The molecule has 0 saturated carbocycles. The molecule has 0 bridgehead atoms. The maximum Gasteiger partial charge on any atom is 0.132 e. The van der Waals surface area contributed by atoms with Gasteiger partial charge in [-0.15, -0.1) is 0 Å². The van der Waals surface area contributed by atoms with Gasteiger partial charge in [-0.1, -0.05) is 61.7 Å². The van der Waals surface area contributed by atoms with Gasteiger partial charge in [-0.05, 0) is 47.5 Å². The minimum absolute atomic E-state index is 0.628. The van der Waals surface area contributed by atoms with Crippen LogP contribution < -0.4 is 14.2 Å². The first kappa shape index (κ1) is 23.4. The van der Waals surface area contributed by atoms with Crippen LogP contribution in [0.25, 0.3) is 0 Å². The van der Waals surface area contributed by atoms with Gasteiger partial charge in [0.1, 0.15) is 36.2 Å². The number of ether oxygens (including phenoxy) is 3. The molecule has 5 heteroatoms. The van der Waals surface area contributed by atoms with E-state index in [1.165, 1.54) is 11.5 Å². The van der Waals surface area contributed by atoms with Crippen LogP contribution in [-0.4, -0.2) is 35.2 Å². The highest BCUT2D eigenvalue weighted by Crippen LogP contribution is 2.53. The Balaban J connectivity index is 1.49. The molecule has 2 saturated heterocycles. The van der Waals surface area contributed by atoms with Crippen molar-refractivity contribution in [3.05, 3.63) is 126 Å². The molecule has 3 nitrogen and oxygen atoms in total. The zero-order chi connectivity index (χ0) is 24.5. The fourth-order valence-corrected chi connectivity index (χ4v) is 5.67. The van der Waals surface area contributed by atoms with Crippen LogP contribution in [-0.2, 0) is 5.41 Å². The van der Waals surface area contributed by atoms with Gasteiger partial charge in [-0.25, -0.2) is 0 Å². The monoisotopic (exact) mass is 512 g/mol. The minimum atomic E-state index is -0.629. The lowest BCUT2D eigenvalue weighted by Crippen LogP contribution is -2.35. The Morgan fingerprint density at radius 2 is 1.31 bits per heavy atom. The summed E-state index contributed by atoms with van der Waals surface area (Å²) in [5.74, 6) is 5.67. The van der Waals surface area contributed by atoms with Gasteiger partial charge in [-0.2, -0.15) is 23.5 Å². The molecule has 2 unspecified atom stereocenters. The summed E-state index contributed by atoms with van der Waals surface area (Å²) >= 11 is 3.88. The Hall–Kier alpha value is -3.02. The van der Waals surface area contributed by atoms with Gasteiger partial charge in [0, 0.05) is 33.1 Å². The SMILES string of the molecule is C=CC1=C(C=C)C(c2ccc(OCC3CS3)cc2)(c2ccc(OCC3CS3)cc2)c2ccccc2O1. The Morgan fingerprint density at radius 3 is 1.78 bits per heavy atom. The van der Waals surface area contributed by atoms with Crippen LogP contribution in [0.15, 0.2) is 109 Å². The van der Waals surface area contributed by atoms with Crippen LogP contribution in [0.1, 0.15) is 16.7 Å². The zero-order valence-electron chi connectivity index (χ0n) is 20.0. The van der Waals surface area contributed by atoms with Crippen LogP contribution in [0, 0.1) is 0 Å². The van der Waals surface area contributed by atoms with Crippen molar-refractivity contribution in [3.63, 3.8) is 0 Å². The van der Waals surface area contributed by atoms with E-state index in [0.717, 1.165) is 52.7 Å². The molecule has 0 amide bonds. The lowest BCUT2D eigenvalue weighted by molar-refractivity contribution is 0.329. The van der Waals surface area contributed by atoms with Gasteiger partial charge in [0.25, 0.3) is 0 Å². The lowest BCUT2D eigenvalue weighted by Gasteiger charge is -2.42. The summed E-state index contributed by atoms with van der Waals surface area (Å²) < 4.78 is 18.4. The predicted molar refractivity (Wildman–Crippen MR) is 151 cm³/mol. The minimum Gasteiger partial charge on any atom is -0.492 e. The van der Waals surface area contributed by atoms with Crippen LogP contribution in [0.5, 0.6) is 17.2 Å². The predicted octanol–water partition coefficient (Wildman–Crippen LogP) is 7.03. The van der Waals surface area contributed by atoms with Crippen molar-refractivity contribution in [1.82, 2.24) is 0 Å². The number of hydrogen-bond donors (Lipinski definition) is 0. The van der Waals surface area contributed by atoms with Crippen molar-refractivity contribution in [1.29, 1.82) is 0 Å². The Kier molecular flexibility index (Phi) is 6.36. The first-order valence-electron chi connectivity index (χ1n) is 12.2. The van der Waals surface area contributed by atoms with E-state index in [1.807, 2.05) is 41.7 Å². The molecule has 0 spiro atoms. The molecular weight excluding hydrogens is 484 g/mol. The second kappa shape index (κ2) is 9.79. The summed E-state index contributed by atoms with van der Waals surface area (Å²) in [5.41, 5.74) is 3.63. The quantitative estimate of drug-likeness (QED) is 0.272. The van der Waals surface area contributed by atoms with Gasteiger partial charge in [-0.3, -0.25) is 0 Å². The molecule has 36 heavy (non-hydrogen) atoms. The number of fused-ring (bicyclic) bond motifs is 1. The van der Waals surface area contributed by atoms with Crippen LogP contribution in [0.4, 0.5) is 0 Å². The van der Waals surface area contributed by atoms with Crippen LogP contribution in [0.3, 0.4) is 0 Å². The van der Waals surface area contributed by atoms with E-state index < -0.39 is 5.41 Å². The third-order valence-corrected chi connectivity index (χ3v) is 8.70. The normalized spacial score (nSPS) is 23.8. The average Bonchev–Trinajstić information content (AvgIpc) is 3.86. The fraction of sp³-hybridized carbons (Fsp3) is 0.226. The van der Waals surface area contributed by atoms with Gasteiger partial charge < -0.3 is 14.2 Å². The smallest absolute Gasteiger partial charge is 0.132 e. The van der Waals surface area contributed by atoms with E-state index in [9.17, 15) is 0 Å². The Morgan fingerprint density at radius 1 is 0.778 bits per heavy atom. The number of para-hydroxylation sites is 1. The second-order valence-corrected chi connectivity index (χ2v) is 11.8. The molecule has 0 aromatic heterocycles. The molecule has 3 heterocycles. The number of rotatable bonds is 10. The summed E-state index contributed by atoms with van der Waals surface area (Å²) in [6, 6.07) is 25.2. The van der Waals surface area contributed by atoms with Gasteiger partial charge >= 0.3 is 0 Å². The van der Waals surface area contributed by atoms with Gasteiger partial charge in [0.15, 0.2) is 0 Å². The third-order valence-electron chi connectivity index (χ3n) is 6.82. The van der Waals surface area contributed by atoms with Crippen LogP contribution >= 0.6 is 23.5 Å². The fourth-order valence-electron chi connectivity index (χ4n) is 4.87. The van der Waals surface area contributed by atoms with Crippen molar-refractivity contribution < 1.29 is 14.2 Å². The highest BCUT2D eigenvalue weighted by Gasteiger charge is 2.45. The summed E-state index contributed by atoms with van der Waals surface area (Å²) in [6.45, 7) is 9.77. The summed E-state index contributed by atoms with van der Waals surface area (Å²) in [7, 11) is 0. The zero-order valence-corrected chi connectivity index (χ0v) is 21.7. The number of allylic oxidation sites excluding steroid dienone is 3. The third kappa shape index (κ3) is 4.35. The molecule has 2 fully saturated rings. The van der Waals surface area contributed by atoms with E-state index in [0.29, 0.717) is 16.3 Å². The molecule has 2 atom stereocenters. The second-order valence-electron chi connectivity index (χ2n) is 9.12. The number of thioether (sulfide) groups is 2. The maximum atomic E-state index is 6.31. The highest BCUT2D eigenvalue weighted by molar-refractivity contribution is 8.07. The topological polar surface area (TPSA) is 27.7 Å².